The number of ketones is 1. The third-order valence-corrected chi connectivity index (χ3v) is 3.53. The molecule has 0 fully saturated rings. The van der Waals surface area contributed by atoms with Gasteiger partial charge in [-0.1, -0.05) is 46.5 Å². The Hall–Kier alpha value is 0.0200. The molecule has 0 saturated carbocycles. The number of hydrogen-bond acceptors (Lipinski definition) is 1. The lowest BCUT2D eigenvalue weighted by molar-refractivity contribution is -0.110. The van der Waals surface area contributed by atoms with E-state index in [4.69, 9.17) is 34.8 Å². The van der Waals surface area contributed by atoms with Gasteiger partial charge in [-0.3, -0.25) is 4.79 Å². The van der Waals surface area contributed by atoms with Crippen LogP contribution in [0.5, 0.6) is 0 Å². The summed E-state index contributed by atoms with van der Waals surface area (Å²) in [5, 5.41) is 0. The molecule has 0 aromatic heterocycles. The van der Waals surface area contributed by atoms with Crippen molar-refractivity contribution in [2.45, 2.75) is 17.6 Å². The van der Waals surface area contributed by atoms with Crippen LogP contribution in [0.3, 0.4) is 0 Å². The zero-order valence-electron chi connectivity index (χ0n) is 7.27. The predicted molar refractivity (Wildman–Crippen MR) is 56.3 cm³/mol. The molecule has 4 heteroatoms. The van der Waals surface area contributed by atoms with Gasteiger partial charge < -0.3 is 0 Å². The van der Waals surface area contributed by atoms with E-state index in [-0.39, 0.29) is 5.78 Å². The van der Waals surface area contributed by atoms with Crippen molar-refractivity contribution in [1.82, 2.24) is 0 Å². The summed E-state index contributed by atoms with van der Waals surface area (Å²) in [6.07, 6.45) is 4.55. The average molecular weight is 240 g/mol. The molecular weight excluding hydrogens is 230 g/mol. The average Bonchev–Trinajstić information content (AvgIpc) is 1.95. The Morgan fingerprint density at radius 2 is 1.92 bits per heavy atom. The fourth-order valence-electron chi connectivity index (χ4n) is 1.11. The summed E-state index contributed by atoms with van der Waals surface area (Å²) in [5.41, 5.74) is 0.0750. The maximum atomic E-state index is 11.0. The third-order valence-electron chi connectivity index (χ3n) is 2.35. The quantitative estimate of drug-likeness (QED) is 0.592. The molecule has 13 heavy (non-hydrogen) atoms. The number of carbonyl (C=O) groups is 1. The Labute approximate surface area is 92.3 Å². The molecule has 0 bridgehead atoms. The monoisotopic (exact) mass is 238 g/mol. The SMILES string of the molecule is CC1=CC(=O)C=C[C@]1(C)C(Cl)(Cl)Cl. The van der Waals surface area contributed by atoms with Gasteiger partial charge >= 0.3 is 0 Å². The van der Waals surface area contributed by atoms with E-state index in [2.05, 4.69) is 0 Å². The van der Waals surface area contributed by atoms with E-state index in [1.54, 1.807) is 19.9 Å². The summed E-state index contributed by atoms with van der Waals surface area (Å²) >= 11 is 17.5. The first kappa shape index (κ1) is 11.1. The number of allylic oxidation sites excluding steroid dienone is 4. The van der Waals surface area contributed by atoms with Crippen LogP contribution >= 0.6 is 34.8 Å². The second kappa shape index (κ2) is 3.30. The van der Waals surface area contributed by atoms with Gasteiger partial charge in [-0.25, -0.2) is 0 Å². The summed E-state index contributed by atoms with van der Waals surface area (Å²) in [7, 11) is 0. The van der Waals surface area contributed by atoms with Crippen LogP contribution in [0.1, 0.15) is 13.8 Å². The van der Waals surface area contributed by atoms with Gasteiger partial charge in [0, 0.05) is 0 Å². The molecule has 1 atom stereocenters. The third kappa shape index (κ3) is 1.93. The van der Waals surface area contributed by atoms with Gasteiger partial charge in [0.25, 0.3) is 0 Å². The van der Waals surface area contributed by atoms with Crippen molar-refractivity contribution in [2.75, 3.05) is 0 Å². The minimum Gasteiger partial charge on any atom is -0.290 e. The number of alkyl halides is 3. The fourth-order valence-corrected chi connectivity index (χ4v) is 1.75. The van der Waals surface area contributed by atoms with Crippen LogP contribution in [-0.4, -0.2) is 9.58 Å². The number of carbonyl (C=O) groups excluding carboxylic acids is 1. The van der Waals surface area contributed by atoms with Crippen LogP contribution < -0.4 is 0 Å². The summed E-state index contributed by atoms with van der Waals surface area (Å²) < 4.78 is -1.43. The lowest BCUT2D eigenvalue weighted by Crippen LogP contribution is -2.33. The second-order valence-electron chi connectivity index (χ2n) is 3.26. The first-order chi connectivity index (χ1) is 5.77. The van der Waals surface area contributed by atoms with Gasteiger partial charge in [-0.2, -0.15) is 0 Å². The van der Waals surface area contributed by atoms with Crippen molar-refractivity contribution in [3.63, 3.8) is 0 Å². The van der Waals surface area contributed by atoms with Crippen LogP contribution in [-0.2, 0) is 4.79 Å². The molecule has 1 rings (SSSR count). The van der Waals surface area contributed by atoms with Gasteiger partial charge in [0.1, 0.15) is 0 Å². The van der Waals surface area contributed by atoms with Crippen LogP contribution in [0, 0.1) is 5.41 Å². The normalized spacial score (nSPS) is 29.0. The fraction of sp³-hybridized carbons (Fsp3) is 0.444. The summed E-state index contributed by atoms with van der Waals surface area (Å²) in [5.74, 6) is -0.0655. The van der Waals surface area contributed by atoms with Crippen molar-refractivity contribution in [3.05, 3.63) is 23.8 Å². The van der Waals surface area contributed by atoms with E-state index < -0.39 is 9.21 Å². The lowest BCUT2D eigenvalue weighted by atomic mass is 9.80. The molecule has 0 unspecified atom stereocenters. The largest absolute Gasteiger partial charge is 0.290 e. The molecule has 0 aliphatic heterocycles. The summed E-state index contributed by atoms with van der Waals surface area (Å²) in [6.45, 7) is 3.57. The molecule has 0 spiro atoms. The molecule has 0 aromatic rings. The molecule has 0 aromatic carbocycles. The van der Waals surface area contributed by atoms with Crippen molar-refractivity contribution in [1.29, 1.82) is 0 Å². The Bertz CT molecular complexity index is 298. The molecule has 0 saturated heterocycles. The molecule has 0 N–H and O–H groups in total. The van der Waals surface area contributed by atoms with E-state index in [1.165, 1.54) is 12.2 Å². The van der Waals surface area contributed by atoms with Gasteiger partial charge in [-0.05, 0) is 26.0 Å². The minimum atomic E-state index is -1.43. The predicted octanol–water partition coefficient (Wildman–Crippen LogP) is 3.45. The van der Waals surface area contributed by atoms with Crippen molar-refractivity contribution in [2.24, 2.45) is 5.41 Å². The van der Waals surface area contributed by atoms with Crippen LogP contribution in [0.15, 0.2) is 23.8 Å². The van der Waals surface area contributed by atoms with Gasteiger partial charge in [0.15, 0.2) is 5.78 Å². The van der Waals surface area contributed by atoms with Crippen LogP contribution in [0.2, 0.25) is 0 Å². The highest BCUT2D eigenvalue weighted by Crippen LogP contribution is 2.51. The maximum absolute atomic E-state index is 11.0. The molecule has 1 nitrogen and oxygen atoms in total. The van der Waals surface area contributed by atoms with Gasteiger partial charge in [0.2, 0.25) is 3.79 Å². The number of rotatable bonds is 0. The molecule has 0 amide bonds. The second-order valence-corrected chi connectivity index (χ2v) is 5.54. The maximum Gasteiger partial charge on any atom is 0.202 e. The van der Waals surface area contributed by atoms with E-state index in [0.29, 0.717) is 0 Å². The van der Waals surface area contributed by atoms with Crippen LogP contribution in [0.25, 0.3) is 0 Å². The molecule has 72 valence electrons. The first-order valence-electron chi connectivity index (χ1n) is 3.76. The summed E-state index contributed by atoms with van der Waals surface area (Å²) in [4.78, 5) is 11.0. The molecule has 1 aliphatic rings. The Morgan fingerprint density at radius 1 is 1.38 bits per heavy atom. The van der Waals surface area contributed by atoms with E-state index in [0.717, 1.165) is 5.57 Å². The Morgan fingerprint density at radius 3 is 2.31 bits per heavy atom. The van der Waals surface area contributed by atoms with E-state index >= 15 is 0 Å². The topological polar surface area (TPSA) is 17.1 Å². The summed E-state index contributed by atoms with van der Waals surface area (Å²) in [6, 6.07) is 0. The highest BCUT2D eigenvalue weighted by Gasteiger charge is 2.45. The zero-order valence-corrected chi connectivity index (χ0v) is 9.54. The van der Waals surface area contributed by atoms with Crippen molar-refractivity contribution < 1.29 is 4.79 Å². The van der Waals surface area contributed by atoms with Gasteiger partial charge in [0.05, 0.1) is 5.41 Å². The smallest absolute Gasteiger partial charge is 0.202 e. The molecular formula is C9H9Cl3O. The van der Waals surface area contributed by atoms with E-state index in [9.17, 15) is 4.79 Å². The number of halogens is 3. The van der Waals surface area contributed by atoms with E-state index in [1.807, 2.05) is 0 Å². The van der Waals surface area contributed by atoms with Crippen molar-refractivity contribution in [3.8, 4) is 0 Å². The molecule has 0 heterocycles. The zero-order chi connectivity index (χ0) is 10.3. The number of hydrogen-bond donors (Lipinski definition) is 0. The van der Waals surface area contributed by atoms with Crippen molar-refractivity contribution >= 4 is 40.6 Å². The Kier molecular flexibility index (Phi) is 2.82. The minimum absolute atomic E-state index is 0.0655. The molecule has 1 aliphatic carbocycles. The van der Waals surface area contributed by atoms with Gasteiger partial charge in [-0.15, -0.1) is 0 Å². The Balaban J connectivity index is 3.14. The first-order valence-corrected chi connectivity index (χ1v) is 4.89. The van der Waals surface area contributed by atoms with Crippen LogP contribution in [0.4, 0.5) is 0 Å². The highest BCUT2D eigenvalue weighted by molar-refractivity contribution is 6.68. The lowest BCUT2D eigenvalue weighted by Gasteiger charge is -2.35. The highest BCUT2D eigenvalue weighted by atomic mass is 35.6. The molecule has 0 radical (unpaired) electrons. The standard InChI is InChI=1S/C9H9Cl3O/c1-6-5-7(13)3-4-8(6,2)9(10,11)12/h3-5H,1-2H3/t8-/m0/s1.